The van der Waals surface area contributed by atoms with E-state index in [4.69, 9.17) is 9.68 Å². The van der Waals surface area contributed by atoms with Gasteiger partial charge in [-0.05, 0) is 19.1 Å². The molecule has 0 atom stereocenters. The molecule has 18 heavy (non-hydrogen) atoms. The number of hydrogen-bond donors (Lipinski definition) is 1. The molecule has 6 nitrogen and oxygen atoms in total. The average Bonchev–Trinajstić information content (AvgIpc) is 2.73. The number of rotatable bonds is 3. The molecule has 0 aliphatic rings. The lowest BCUT2D eigenvalue weighted by molar-refractivity contribution is 0.481. The summed E-state index contributed by atoms with van der Waals surface area (Å²) in [6.07, 6.45) is 0. The summed E-state index contributed by atoms with van der Waals surface area (Å²) in [5.74, 6) is 2.04. The highest BCUT2D eigenvalue weighted by molar-refractivity contribution is 5.41. The average molecular weight is 244 g/mol. The zero-order valence-electron chi connectivity index (χ0n) is 10.1. The van der Waals surface area contributed by atoms with E-state index in [1.165, 1.54) is 6.07 Å². The fourth-order valence-electron chi connectivity index (χ4n) is 1.59. The Balaban J connectivity index is 2.23. The van der Waals surface area contributed by atoms with Crippen LogP contribution in [-0.2, 0) is 6.54 Å². The van der Waals surface area contributed by atoms with Crippen LogP contribution in [0.2, 0.25) is 0 Å². The summed E-state index contributed by atoms with van der Waals surface area (Å²) < 4.78 is 5.44. The molecule has 0 unspecified atom stereocenters. The van der Waals surface area contributed by atoms with E-state index in [1.807, 2.05) is 25.1 Å². The molecule has 0 aromatic carbocycles. The topological polar surface area (TPSA) is 85.9 Å². The lowest BCUT2D eigenvalue weighted by atomic mass is 10.3. The van der Waals surface area contributed by atoms with Crippen LogP contribution in [0, 0.1) is 18.3 Å². The fraction of sp³-hybridized carbons (Fsp3) is 0.250. The molecule has 0 aliphatic heterocycles. The number of nitrogens with one attached hydrogen (secondary N) is 1. The van der Waals surface area contributed by atoms with E-state index in [0.29, 0.717) is 12.4 Å². The predicted molar refractivity (Wildman–Crippen MR) is 65.1 cm³/mol. The highest BCUT2D eigenvalue weighted by atomic mass is 16.3. The van der Waals surface area contributed by atoms with Gasteiger partial charge in [0.1, 0.15) is 29.1 Å². The maximum atomic E-state index is 11.3. The number of nitrogens with zero attached hydrogens (tertiary/aromatic N) is 3. The van der Waals surface area contributed by atoms with E-state index in [9.17, 15) is 4.79 Å². The number of anilines is 1. The van der Waals surface area contributed by atoms with E-state index >= 15 is 0 Å². The highest BCUT2D eigenvalue weighted by Crippen LogP contribution is 2.13. The van der Waals surface area contributed by atoms with Crippen LogP contribution in [0.1, 0.15) is 17.2 Å². The third kappa shape index (κ3) is 2.58. The fourth-order valence-corrected chi connectivity index (χ4v) is 1.59. The molecule has 0 fully saturated rings. The first-order valence-corrected chi connectivity index (χ1v) is 5.36. The maximum absolute atomic E-state index is 11.3. The predicted octanol–water partition coefficient (Wildman–Crippen LogP) is 1.18. The van der Waals surface area contributed by atoms with Gasteiger partial charge in [-0.1, -0.05) is 0 Å². The molecule has 0 spiro atoms. The Kier molecular flexibility index (Phi) is 3.15. The third-order valence-electron chi connectivity index (χ3n) is 2.43. The molecule has 0 aliphatic carbocycles. The summed E-state index contributed by atoms with van der Waals surface area (Å²) in [6.45, 7) is 2.35. The number of hydrogen-bond acceptors (Lipinski definition) is 5. The normalized spacial score (nSPS) is 10.1. The summed E-state index contributed by atoms with van der Waals surface area (Å²) in [4.78, 5) is 19.2. The lowest BCUT2D eigenvalue weighted by Crippen LogP contribution is -2.22. The minimum absolute atomic E-state index is 0.187. The summed E-state index contributed by atoms with van der Waals surface area (Å²) in [5, 5.41) is 8.78. The smallest absolute Gasteiger partial charge is 0.347 e. The second kappa shape index (κ2) is 4.75. The Labute approximate surface area is 103 Å². The summed E-state index contributed by atoms with van der Waals surface area (Å²) in [7, 11) is 1.78. The third-order valence-corrected chi connectivity index (χ3v) is 2.43. The first-order chi connectivity index (χ1) is 8.58. The van der Waals surface area contributed by atoms with Crippen LogP contribution in [0.5, 0.6) is 0 Å². The Hall–Kier alpha value is -2.55. The first-order valence-electron chi connectivity index (χ1n) is 5.36. The van der Waals surface area contributed by atoms with Crippen molar-refractivity contribution in [2.24, 2.45) is 0 Å². The number of aromatic amines is 1. The Morgan fingerprint density at radius 2 is 2.33 bits per heavy atom. The van der Waals surface area contributed by atoms with Crippen LogP contribution in [0.15, 0.2) is 27.4 Å². The number of aryl methyl sites for hydroxylation is 1. The minimum atomic E-state index is -0.536. The molecule has 2 aromatic rings. The summed E-state index contributed by atoms with van der Waals surface area (Å²) in [6, 6.07) is 7.15. The van der Waals surface area contributed by atoms with Crippen molar-refractivity contribution < 1.29 is 4.42 Å². The molecule has 2 aromatic heterocycles. The largest absolute Gasteiger partial charge is 0.464 e. The van der Waals surface area contributed by atoms with Gasteiger partial charge in [0, 0.05) is 13.1 Å². The van der Waals surface area contributed by atoms with Crippen LogP contribution < -0.4 is 10.6 Å². The van der Waals surface area contributed by atoms with Gasteiger partial charge in [0.25, 0.3) is 0 Å². The van der Waals surface area contributed by atoms with E-state index in [1.54, 1.807) is 11.9 Å². The second-order valence-electron chi connectivity index (χ2n) is 3.94. The van der Waals surface area contributed by atoms with Crippen molar-refractivity contribution >= 4 is 5.82 Å². The summed E-state index contributed by atoms with van der Waals surface area (Å²) >= 11 is 0. The number of furan rings is 1. The SMILES string of the molecule is Cc1ccc(CN(C)c2cc(C#N)[nH]c(=O)n2)o1. The van der Waals surface area contributed by atoms with Crippen LogP contribution in [0.3, 0.4) is 0 Å². The van der Waals surface area contributed by atoms with Crippen molar-refractivity contribution in [1.29, 1.82) is 5.26 Å². The van der Waals surface area contributed by atoms with E-state index in [2.05, 4.69) is 9.97 Å². The van der Waals surface area contributed by atoms with Crippen molar-refractivity contribution in [2.45, 2.75) is 13.5 Å². The molecular formula is C12H12N4O2. The molecule has 2 rings (SSSR count). The van der Waals surface area contributed by atoms with Crippen molar-refractivity contribution in [3.63, 3.8) is 0 Å². The molecule has 0 saturated heterocycles. The molecule has 0 radical (unpaired) electrons. The van der Waals surface area contributed by atoms with Crippen LogP contribution in [0.4, 0.5) is 5.82 Å². The Morgan fingerprint density at radius 3 is 2.94 bits per heavy atom. The molecule has 6 heteroatoms. The minimum Gasteiger partial charge on any atom is -0.464 e. The van der Waals surface area contributed by atoms with Gasteiger partial charge in [-0.15, -0.1) is 0 Å². The van der Waals surface area contributed by atoms with Crippen LogP contribution in [0.25, 0.3) is 0 Å². The van der Waals surface area contributed by atoms with Crippen molar-refractivity contribution in [1.82, 2.24) is 9.97 Å². The number of nitriles is 1. The van der Waals surface area contributed by atoms with Crippen molar-refractivity contribution in [2.75, 3.05) is 11.9 Å². The van der Waals surface area contributed by atoms with Gasteiger partial charge in [-0.2, -0.15) is 10.2 Å². The van der Waals surface area contributed by atoms with Crippen LogP contribution >= 0.6 is 0 Å². The molecule has 0 saturated carbocycles. The lowest BCUT2D eigenvalue weighted by Gasteiger charge is -2.16. The number of aromatic nitrogens is 2. The van der Waals surface area contributed by atoms with Gasteiger partial charge >= 0.3 is 5.69 Å². The zero-order chi connectivity index (χ0) is 13.1. The van der Waals surface area contributed by atoms with Gasteiger partial charge in [0.2, 0.25) is 0 Å². The maximum Gasteiger partial charge on any atom is 0.347 e. The molecule has 2 heterocycles. The van der Waals surface area contributed by atoms with Crippen molar-refractivity contribution in [3.05, 3.63) is 45.9 Å². The van der Waals surface area contributed by atoms with Gasteiger partial charge < -0.3 is 9.32 Å². The van der Waals surface area contributed by atoms with Gasteiger partial charge in [-0.25, -0.2) is 4.79 Å². The highest BCUT2D eigenvalue weighted by Gasteiger charge is 2.08. The Bertz CT molecular complexity index is 651. The van der Waals surface area contributed by atoms with Gasteiger partial charge in [0.15, 0.2) is 0 Å². The molecule has 0 bridgehead atoms. The molecule has 92 valence electrons. The quantitative estimate of drug-likeness (QED) is 0.876. The van der Waals surface area contributed by atoms with E-state index in [-0.39, 0.29) is 5.69 Å². The van der Waals surface area contributed by atoms with Gasteiger partial charge in [0.05, 0.1) is 6.54 Å². The van der Waals surface area contributed by atoms with Crippen LogP contribution in [-0.4, -0.2) is 17.0 Å². The standard InChI is InChI=1S/C12H12N4O2/c1-8-3-4-10(18-8)7-16(2)11-5-9(6-13)14-12(17)15-11/h3-5H,7H2,1-2H3,(H,14,15,17). The second-order valence-corrected chi connectivity index (χ2v) is 3.94. The Morgan fingerprint density at radius 1 is 1.56 bits per heavy atom. The zero-order valence-corrected chi connectivity index (χ0v) is 10.1. The monoisotopic (exact) mass is 244 g/mol. The molecular weight excluding hydrogens is 232 g/mol. The molecule has 1 N–H and O–H groups in total. The van der Waals surface area contributed by atoms with E-state index < -0.39 is 5.69 Å². The first kappa shape index (κ1) is 11.9. The number of H-pyrrole nitrogens is 1. The summed E-state index contributed by atoms with van der Waals surface area (Å²) in [5.41, 5.74) is -0.348. The van der Waals surface area contributed by atoms with E-state index in [0.717, 1.165) is 11.5 Å². The van der Waals surface area contributed by atoms with Gasteiger partial charge in [-0.3, -0.25) is 4.98 Å². The molecule has 0 amide bonds. The van der Waals surface area contributed by atoms with Crippen molar-refractivity contribution in [3.8, 4) is 6.07 Å².